The zero-order valence-corrected chi connectivity index (χ0v) is 13.4. The molecule has 1 N–H and O–H groups in total. The van der Waals surface area contributed by atoms with Crippen molar-refractivity contribution in [3.63, 3.8) is 0 Å². The first-order valence-electron chi connectivity index (χ1n) is 6.71. The molecular formula is C14H22ClN3O2. The number of nitrogens with zero attached hydrogens (tertiary/aromatic N) is 2. The van der Waals surface area contributed by atoms with E-state index >= 15 is 0 Å². The summed E-state index contributed by atoms with van der Waals surface area (Å²) < 4.78 is 5.53. The largest absolute Gasteiger partial charge is 0.374 e. The summed E-state index contributed by atoms with van der Waals surface area (Å²) in [5.74, 6) is 0.425. The van der Waals surface area contributed by atoms with Gasteiger partial charge in [-0.05, 0) is 20.8 Å². The summed E-state index contributed by atoms with van der Waals surface area (Å²) in [6.45, 7) is 10.6. The summed E-state index contributed by atoms with van der Waals surface area (Å²) in [7, 11) is 0. The molecule has 0 aliphatic rings. The van der Waals surface area contributed by atoms with Gasteiger partial charge < -0.3 is 10.1 Å². The molecule has 0 aliphatic carbocycles. The molecule has 0 saturated carbocycles. The maximum atomic E-state index is 12.1. The number of hydrogen-bond donors (Lipinski definition) is 1. The van der Waals surface area contributed by atoms with Gasteiger partial charge in [-0.2, -0.15) is 0 Å². The Balaban J connectivity index is 2.80. The van der Waals surface area contributed by atoms with Crippen molar-refractivity contribution >= 4 is 17.5 Å². The molecule has 0 atom stereocenters. The first-order valence-corrected chi connectivity index (χ1v) is 7.09. The monoisotopic (exact) mass is 299 g/mol. The Hall–Kier alpha value is -1.20. The highest BCUT2D eigenvalue weighted by molar-refractivity contribution is 6.33. The Kier molecular flexibility index (Phi) is 5.89. The second kappa shape index (κ2) is 6.99. The minimum atomic E-state index is -0.426. The Bertz CT molecular complexity index is 475. The Morgan fingerprint density at radius 1 is 1.50 bits per heavy atom. The van der Waals surface area contributed by atoms with Crippen LogP contribution in [0.5, 0.6) is 0 Å². The van der Waals surface area contributed by atoms with Crippen LogP contribution in [0.1, 0.15) is 56.8 Å². The lowest BCUT2D eigenvalue weighted by Crippen LogP contribution is -2.40. The molecule has 0 radical (unpaired) electrons. The summed E-state index contributed by atoms with van der Waals surface area (Å²) in [5.41, 5.74) is -0.220. The maximum absolute atomic E-state index is 12.1. The molecular weight excluding hydrogens is 278 g/mol. The van der Waals surface area contributed by atoms with E-state index in [1.165, 1.54) is 6.20 Å². The van der Waals surface area contributed by atoms with Gasteiger partial charge in [0.1, 0.15) is 11.5 Å². The molecule has 0 saturated heterocycles. The van der Waals surface area contributed by atoms with Crippen LogP contribution in [0.4, 0.5) is 0 Å². The second-order valence-corrected chi connectivity index (χ2v) is 5.86. The average Bonchev–Trinajstić information content (AvgIpc) is 2.36. The fourth-order valence-electron chi connectivity index (χ4n) is 1.64. The van der Waals surface area contributed by atoms with Gasteiger partial charge in [0.25, 0.3) is 5.91 Å². The first kappa shape index (κ1) is 16.9. The Morgan fingerprint density at radius 2 is 2.15 bits per heavy atom. The van der Waals surface area contributed by atoms with Gasteiger partial charge in [0.2, 0.25) is 0 Å². The van der Waals surface area contributed by atoms with E-state index in [0.717, 1.165) is 0 Å². The number of carbonyl (C=O) groups excluding carboxylic acids is 1. The van der Waals surface area contributed by atoms with E-state index in [4.69, 9.17) is 16.3 Å². The molecule has 0 unspecified atom stereocenters. The number of nitrogens with one attached hydrogen (secondary N) is 1. The van der Waals surface area contributed by atoms with E-state index in [9.17, 15) is 4.79 Å². The van der Waals surface area contributed by atoms with Crippen molar-refractivity contribution in [3.8, 4) is 0 Å². The maximum Gasteiger partial charge on any atom is 0.271 e. The van der Waals surface area contributed by atoms with E-state index in [2.05, 4.69) is 15.3 Å². The molecule has 0 fully saturated rings. The average molecular weight is 300 g/mol. The fourth-order valence-corrected chi connectivity index (χ4v) is 1.81. The van der Waals surface area contributed by atoms with E-state index in [-0.39, 0.29) is 22.5 Å². The van der Waals surface area contributed by atoms with Crippen molar-refractivity contribution < 1.29 is 9.53 Å². The van der Waals surface area contributed by atoms with Gasteiger partial charge >= 0.3 is 0 Å². The van der Waals surface area contributed by atoms with Gasteiger partial charge in [-0.15, -0.1) is 0 Å². The molecule has 20 heavy (non-hydrogen) atoms. The van der Waals surface area contributed by atoms with Crippen LogP contribution in [0, 0.1) is 0 Å². The number of carbonyl (C=O) groups is 1. The lowest BCUT2D eigenvalue weighted by molar-refractivity contribution is -0.00818. The fraction of sp³-hybridized carbons (Fsp3) is 0.643. The van der Waals surface area contributed by atoms with Gasteiger partial charge in [-0.1, -0.05) is 25.4 Å². The molecule has 0 aromatic carbocycles. The predicted octanol–water partition coefficient (Wildman–Crippen LogP) is 2.80. The van der Waals surface area contributed by atoms with E-state index in [0.29, 0.717) is 19.0 Å². The van der Waals surface area contributed by atoms with Crippen LogP contribution in [0.2, 0.25) is 5.02 Å². The third-order valence-electron chi connectivity index (χ3n) is 2.70. The van der Waals surface area contributed by atoms with Crippen LogP contribution in [0.25, 0.3) is 0 Å². The van der Waals surface area contributed by atoms with E-state index in [1.807, 2.05) is 34.6 Å². The van der Waals surface area contributed by atoms with Crippen molar-refractivity contribution in [2.24, 2.45) is 0 Å². The number of aromatic nitrogens is 2. The lowest BCUT2D eigenvalue weighted by Gasteiger charge is -2.24. The molecule has 112 valence electrons. The molecule has 1 aromatic heterocycles. The SMILES string of the molecule is CCOC(C)(C)CNC(=O)c1nc(C(C)C)ncc1Cl. The lowest BCUT2D eigenvalue weighted by atomic mass is 10.1. The summed E-state index contributed by atoms with van der Waals surface area (Å²) in [6, 6.07) is 0. The summed E-state index contributed by atoms with van der Waals surface area (Å²) in [4.78, 5) is 20.5. The highest BCUT2D eigenvalue weighted by Crippen LogP contribution is 2.16. The van der Waals surface area contributed by atoms with Crippen molar-refractivity contribution in [2.45, 2.75) is 46.1 Å². The molecule has 5 nitrogen and oxygen atoms in total. The van der Waals surface area contributed by atoms with Gasteiger partial charge in [-0.3, -0.25) is 4.79 Å². The summed E-state index contributed by atoms with van der Waals surface area (Å²) in [5, 5.41) is 3.04. The molecule has 1 aromatic rings. The number of hydrogen-bond acceptors (Lipinski definition) is 4. The molecule has 1 rings (SSSR count). The van der Waals surface area contributed by atoms with Crippen LogP contribution in [-0.2, 0) is 4.74 Å². The van der Waals surface area contributed by atoms with Crippen LogP contribution < -0.4 is 5.32 Å². The van der Waals surface area contributed by atoms with Gasteiger partial charge in [0.15, 0.2) is 0 Å². The summed E-state index contributed by atoms with van der Waals surface area (Å²) in [6.07, 6.45) is 1.46. The quantitative estimate of drug-likeness (QED) is 0.877. The summed E-state index contributed by atoms with van der Waals surface area (Å²) >= 11 is 5.99. The minimum absolute atomic E-state index is 0.138. The van der Waals surface area contributed by atoms with Crippen LogP contribution in [0.15, 0.2) is 6.20 Å². The number of rotatable bonds is 6. The van der Waals surface area contributed by atoms with Gasteiger partial charge in [0.05, 0.1) is 16.8 Å². The van der Waals surface area contributed by atoms with Gasteiger partial charge in [-0.25, -0.2) is 9.97 Å². The van der Waals surface area contributed by atoms with E-state index < -0.39 is 5.60 Å². The molecule has 0 aliphatic heterocycles. The van der Waals surface area contributed by atoms with Crippen molar-refractivity contribution in [1.82, 2.24) is 15.3 Å². The van der Waals surface area contributed by atoms with Crippen molar-refractivity contribution in [2.75, 3.05) is 13.2 Å². The third kappa shape index (κ3) is 4.72. The minimum Gasteiger partial charge on any atom is -0.374 e. The molecule has 1 heterocycles. The van der Waals surface area contributed by atoms with E-state index in [1.54, 1.807) is 0 Å². The molecule has 6 heteroatoms. The number of amides is 1. The third-order valence-corrected chi connectivity index (χ3v) is 2.98. The van der Waals surface area contributed by atoms with Crippen molar-refractivity contribution in [3.05, 3.63) is 22.7 Å². The second-order valence-electron chi connectivity index (χ2n) is 5.45. The van der Waals surface area contributed by atoms with Crippen LogP contribution in [0.3, 0.4) is 0 Å². The number of ether oxygens (including phenoxy) is 1. The molecule has 1 amide bonds. The first-order chi connectivity index (χ1) is 9.26. The highest BCUT2D eigenvalue weighted by atomic mass is 35.5. The standard InChI is InChI=1S/C14H22ClN3O2/c1-6-20-14(4,5)8-17-13(19)11-10(15)7-16-12(18-11)9(2)3/h7,9H,6,8H2,1-5H3,(H,17,19). The highest BCUT2D eigenvalue weighted by Gasteiger charge is 2.21. The normalized spacial score (nSPS) is 11.8. The molecule has 0 spiro atoms. The topological polar surface area (TPSA) is 64.1 Å². The zero-order valence-electron chi connectivity index (χ0n) is 12.7. The Labute approximate surface area is 125 Å². The Morgan fingerprint density at radius 3 is 2.70 bits per heavy atom. The van der Waals surface area contributed by atoms with Gasteiger partial charge in [0, 0.05) is 19.1 Å². The number of halogens is 1. The smallest absolute Gasteiger partial charge is 0.271 e. The van der Waals surface area contributed by atoms with Crippen LogP contribution >= 0.6 is 11.6 Å². The zero-order chi connectivity index (χ0) is 15.3. The van der Waals surface area contributed by atoms with Crippen LogP contribution in [-0.4, -0.2) is 34.6 Å². The molecule has 0 bridgehead atoms. The van der Waals surface area contributed by atoms with Crippen molar-refractivity contribution in [1.29, 1.82) is 0 Å². The predicted molar refractivity (Wildman–Crippen MR) is 79.2 cm³/mol.